The van der Waals surface area contributed by atoms with Gasteiger partial charge in [0.1, 0.15) is 17.0 Å². The number of fused-ring (bicyclic) bond motifs is 12. The van der Waals surface area contributed by atoms with Crippen molar-refractivity contribution in [2.45, 2.75) is 0 Å². The Morgan fingerprint density at radius 2 is 1.11 bits per heavy atom. The molecule has 0 aliphatic heterocycles. The van der Waals surface area contributed by atoms with Crippen molar-refractivity contribution in [2.24, 2.45) is 0 Å². The molecule has 3 nitrogen and oxygen atoms in total. The van der Waals surface area contributed by atoms with Gasteiger partial charge in [-0.1, -0.05) is 121 Å². The molecule has 11 rings (SSSR count). The highest BCUT2D eigenvalue weighted by Crippen LogP contribution is 2.55. The molecule has 1 aliphatic carbocycles. The average Bonchev–Trinajstić information content (AvgIpc) is 3.80. The summed E-state index contributed by atoms with van der Waals surface area (Å²) in [7, 11) is 0. The minimum Gasteiger partial charge on any atom is -0.456 e. The maximum absolute atomic E-state index is 6.66. The zero-order valence-corrected chi connectivity index (χ0v) is 24.7. The van der Waals surface area contributed by atoms with Gasteiger partial charge < -0.3 is 4.42 Å². The van der Waals surface area contributed by atoms with Crippen molar-refractivity contribution in [2.75, 3.05) is 0 Å². The summed E-state index contributed by atoms with van der Waals surface area (Å²) in [6.07, 6.45) is 0. The SMILES string of the molecule is c1ccc(-n2c(-c3c4c(cc5oc6ccccc6c35)-c3cccc5cccc-4c35)nc3c4ccccc4c4ccccc4c32)cc1. The predicted octanol–water partition coefficient (Wildman–Crippen LogP) is 11.7. The Balaban J connectivity index is 1.43. The van der Waals surface area contributed by atoms with Crippen molar-refractivity contribution in [1.82, 2.24) is 9.55 Å². The molecule has 0 radical (unpaired) electrons. The van der Waals surface area contributed by atoms with Crippen molar-refractivity contribution >= 4 is 65.3 Å². The number of hydrogen-bond acceptors (Lipinski definition) is 2. The minimum absolute atomic E-state index is 0.876. The van der Waals surface area contributed by atoms with E-state index in [2.05, 4.69) is 144 Å². The maximum atomic E-state index is 6.66. The van der Waals surface area contributed by atoms with Gasteiger partial charge in [-0.05, 0) is 62.5 Å². The van der Waals surface area contributed by atoms with Gasteiger partial charge >= 0.3 is 0 Å². The molecule has 2 heterocycles. The van der Waals surface area contributed by atoms with Gasteiger partial charge in [-0.2, -0.15) is 0 Å². The van der Waals surface area contributed by atoms with Crippen molar-refractivity contribution in [3.05, 3.63) is 146 Å². The first kappa shape index (κ1) is 24.2. The summed E-state index contributed by atoms with van der Waals surface area (Å²) in [6, 6.07) is 52.1. The lowest BCUT2D eigenvalue weighted by Gasteiger charge is -2.16. The Morgan fingerprint density at radius 3 is 1.91 bits per heavy atom. The van der Waals surface area contributed by atoms with Gasteiger partial charge in [-0.15, -0.1) is 0 Å². The van der Waals surface area contributed by atoms with E-state index >= 15 is 0 Å². The van der Waals surface area contributed by atoms with E-state index in [4.69, 9.17) is 9.40 Å². The second kappa shape index (κ2) is 8.71. The van der Waals surface area contributed by atoms with Crippen LogP contribution in [-0.2, 0) is 0 Å². The molecule has 10 aromatic rings. The molecule has 1 aliphatic rings. The van der Waals surface area contributed by atoms with Crippen LogP contribution in [0.4, 0.5) is 0 Å². The number of furan rings is 1. The van der Waals surface area contributed by atoms with Crippen molar-refractivity contribution in [1.29, 1.82) is 0 Å². The lowest BCUT2D eigenvalue weighted by atomic mass is 9.93. The van der Waals surface area contributed by atoms with Crippen LogP contribution in [0.15, 0.2) is 150 Å². The summed E-state index contributed by atoms with van der Waals surface area (Å²) < 4.78 is 9.05. The highest BCUT2D eigenvalue weighted by molar-refractivity contribution is 6.28. The Bertz CT molecular complexity index is 2900. The van der Waals surface area contributed by atoms with Gasteiger partial charge in [0.25, 0.3) is 0 Å². The number of aromatic nitrogens is 2. The van der Waals surface area contributed by atoms with E-state index in [1.807, 2.05) is 6.07 Å². The van der Waals surface area contributed by atoms with E-state index in [1.54, 1.807) is 0 Å². The largest absolute Gasteiger partial charge is 0.456 e. The standard InChI is InChI=1S/C43H24N2O/c1-2-14-26(15-3-1)45-42-31-19-7-5-17-28(31)27-16-4-6-18-30(27)41(42)44-43(45)40-38-33-22-11-13-25-12-10-21-29(37(25)33)34(38)24-36-39(40)32-20-8-9-23-35(32)46-36/h1-24H. The fourth-order valence-corrected chi connectivity index (χ4v) is 8.08. The lowest BCUT2D eigenvalue weighted by molar-refractivity contribution is 0.669. The van der Waals surface area contributed by atoms with Crippen LogP contribution in [0.25, 0.3) is 105 Å². The van der Waals surface area contributed by atoms with Gasteiger partial charge in [0.15, 0.2) is 0 Å². The van der Waals surface area contributed by atoms with E-state index in [0.717, 1.165) is 55.4 Å². The van der Waals surface area contributed by atoms with E-state index in [9.17, 15) is 0 Å². The van der Waals surface area contributed by atoms with Crippen LogP contribution in [0.2, 0.25) is 0 Å². The molecular weight excluding hydrogens is 560 g/mol. The molecule has 2 aromatic heterocycles. The minimum atomic E-state index is 0.876. The molecule has 46 heavy (non-hydrogen) atoms. The third kappa shape index (κ3) is 2.99. The molecule has 0 spiro atoms. The fourth-order valence-electron chi connectivity index (χ4n) is 8.08. The average molecular weight is 585 g/mol. The molecule has 0 atom stereocenters. The second-order valence-electron chi connectivity index (χ2n) is 12.2. The quantitative estimate of drug-likeness (QED) is 0.189. The van der Waals surface area contributed by atoms with E-state index in [1.165, 1.54) is 49.2 Å². The molecule has 0 fully saturated rings. The Hall–Kier alpha value is -6.19. The Morgan fingerprint density at radius 1 is 0.457 bits per heavy atom. The van der Waals surface area contributed by atoms with Crippen LogP contribution >= 0.6 is 0 Å². The molecular formula is C43H24N2O. The number of imidazole rings is 1. The molecule has 8 aromatic carbocycles. The fraction of sp³-hybridized carbons (Fsp3) is 0. The van der Waals surface area contributed by atoms with Crippen LogP contribution in [0, 0.1) is 0 Å². The summed E-state index contributed by atoms with van der Waals surface area (Å²) in [5.41, 5.74) is 10.9. The molecule has 212 valence electrons. The van der Waals surface area contributed by atoms with Crippen molar-refractivity contribution < 1.29 is 4.42 Å². The summed E-state index contributed by atoms with van der Waals surface area (Å²) >= 11 is 0. The predicted molar refractivity (Wildman–Crippen MR) is 191 cm³/mol. The molecule has 0 amide bonds. The highest BCUT2D eigenvalue weighted by Gasteiger charge is 2.32. The van der Waals surface area contributed by atoms with Crippen LogP contribution in [0.5, 0.6) is 0 Å². The van der Waals surface area contributed by atoms with E-state index < -0.39 is 0 Å². The first-order valence-corrected chi connectivity index (χ1v) is 15.7. The van der Waals surface area contributed by atoms with Crippen LogP contribution in [0.3, 0.4) is 0 Å². The summed E-state index contributed by atoms with van der Waals surface area (Å²) in [5.74, 6) is 0.918. The molecule has 0 unspecified atom stereocenters. The summed E-state index contributed by atoms with van der Waals surface area (Å²) in [4.78, 5) is 5.70. The van der Waals surface area contributed by atoms with Gasteiger partial charge in [0.2, 0.25) is 0 Å². The normalized spacial score (nSPS) is 12.3. The topological polar surface area (TPSA) is 31.0 Å². The number of para-hydroxylation sites is 2. The smallest absolute Gasteiger partial charge is 0.147 e. The number of hydrogen-bond donors (Lipinski definition) is 0. The van der Waals surface area contributed by atoms with Crippen LogP contribution in [-0.4, -0.2) is 9.55 Å². The molecule has 0 saturated heterocycles. The second-order valence-corrected chi connectivity index (χ2v) is 12.2. The first-order chi connectivity index (χ1) is 22.8. The molecule has 0 saturated carbocycles. The van der Waals surface area contributed by atoms with Crippen LogP contribution in [0.1, 0.15) is 0 Å². The van der Waals surface area contributed by atoms with Gasteiger partial charge in [-0.25, -0.2) is 4.98 Å². The lowest BCUT2D eigenvalue weighted by Crippen LogP contribution is -2.00. The number of nitrogens with zero attached hydrogens (tertiary/aromatic N) is 2. The number of benzene rings is 8. The molecule has 3 heteroatoms. The van der Waals surface area contributed by atoms with E-state index in [-0.39, 0.29) is 0 Å². The summed E-state index contributed by atoms with van der Waals surface area (Å²) in [5, 5.41) is 9.50. The van der Waals surface area contributed by atoms with Crippen molar-refractivity contribution in [3.8, 4) is 39.3 Å². The molecule has 0 N–H and O–H groups in total. The monoisotopic (exact) mass is 584 g/mol. The Labute approximate surface area is 263 Å². The first-order valence-electron chi connectivity index (χ1n) is 15.7. The zero-order valence-electron chi connectivity index (χ0n) is 24.7. The van der Waals surface area contributed by atoms with Gasteiger partial charge in [0.05, 0.1) is 11.0 Å². The summed E-state index contributed by atoms with van der Waals surface area (Å²) in [6.45, 7) is 0. The van der Waals surface area contributed by atoms with Gasteiger partial charge in [-0.3, -0.25) is 4.57 Å². The molecule has 0 bridgehead atoms. The van der Waals surface area contributed by atoms with Crippen molar-refractivity contribution in [3.63, 3.8) is 0 Å². The Kier molecular flexibility index (Phi) is 4.58. The van der Waals surface area contributed by atoms with Gasteiger partial charge in [0, 0.05) is 38.4 Å². The third-order valence-electron chi connectivity index (χ3n) is 9.90. The van der Waals surface area contributed by atoms with Crippen LogP contribution < -0.4 is 0 Å². The van der Waals surface area contributed by atoms with E-state index in [0.29, 0.717) is 0 Å². The zero-order chi connectivity index (χ0) is 29.9. The maximum Gasteiger partial charge on any atom is 0.147 e. The highest BCUT2D eigenvalue weighted by atomic mass is 16.3. The number of rotatable bonds is 2. The third-order valence-corrected chi connectivity index (χ3v) is 9.90.